The Morgan fingerprint density at radius 1 is 1.41 bits per heavy atom. The number of hydrogen-bond donors (Lipinski definition) is 1. The van der Waals surface area contributed by atoms with Crippen LogP contribution in [0.3, 0.4) is 0 Å². The molecule has 0 spiro atoms. The molecule has 1 heterocycles. The third kappa shape index (κ3) is 2.75. The lowest BCUT2D eigenvalue weighted by Gasteiger charge is -2.35. The normalized spacial score (nSPS) is 18.4. The molecule has 0 amide bonds. The van der Waals surface area contributed by atoms with Gasteiger partial charge in [-0.25, -0.2) is 4.39 Å². The Kier molecular flexibility index (Phi) is 3.30. The van der Waals surface area contributed by atoms with Crippen LogP contribution in [0.5, 0.6) is 0 Å². The predicted octanol–water partition coefficient (Wildman–Crippen LogP) is 2.68. The van der Waals surface area contributed by atoms with E-state index in [4.69, 9.17) is 10.00 Å². The number of hydrogen-bond acceptors (Lipinski definition) is 3. The maximum Gasteiger partial charge on any atom is 0.147 e. The molecule has 0 unspecified atom stereocenters. The molecule has 4 heteroatoms. The molecule has 0 radical (unpaired) electrons. The Balaban J connectivity index is 2.15. The molecule has 17 heavy (non-hydrogen) atoms. The van der Waals surface area contributed by atoms with Crippen molar-refractivity contribution >= 4 is 5.69 Å². The Morgan fingerprint density at radius 2 is 2.12 bits per heavy atom. The van der Waals surface area contributed by atoms with Crippen molar-refractivity contribution in [2.45, 2.75) is 25.3 Å². The van der Waals surface area contributed by atoms with Gasteiger partial charge >= 0.3 is 0 Å². The highest BCUT2D eigenvalue weighted by Crippen LogP contribution is 2.27. The van der Waals surface area contributed by atoms with E-state index < -0.39 is 0 Å². The number of halogens is 1. The summed E-state index contributed by atoms with van der Waals surface area (Å²) in [5, 5.41) is 11.9. The van der Waals surface area contributed by atoms with E-state index in [0.29, 0.717) is 24.5 Å². The number of ether oxygens (including phenoxy) is 1. The van der Waals surface area contributed by atoms with Gasteiger partial charge in [-0.05, 0) is 38.0 Å². The molecule has 1 aliphatic heterocycles. The highest BCUT2D eigenvalue weighted by atomic mass is 19.1. The van der Waals surface area contributed by atoms with Gasteiger partial charge in [0.2, 0.25) is 0 Å². The first-order valence-electron chi connectivity index (χ1n) is 5.69. The fourth-order valence-corrected chi connectivity index (χ4v) is 1.96. The highest BCUT2D eigenvalue weighted by Gasteiger charge is 2.27. The summed E-state index contributed by atoms with van der Waals surface area (Å²) < 4.78 is 19.0. The van der Waals surface area contributed by atoms with Crippen molar-refractivity contribution in [2.24, 2.45) is 0 Å². The topological polar surface area (TPSA) is 45.0 Å². The number of anilines is 1. The van der Waals surface area contributed by atoms with Gasteiger partial charge in [0.05, 0.1) is 17.3 Å². The quantitative estimate of drug-likeness (QED) is 0.855. The summed E-state index contributed by atoms with van der Waals surface area (Å²) in [6.45, 7) is 3.45. The van der Waals surface area contributed by atoms with Crippen LogP contribution >= 0.6 is 0 Å². The second-order valence-electron chi connectivity index (χ2n) is 4.60. The van der Waals surface area contributed by atoms with Crippen LogP contribution in [0.4, 0.5) is 10.1 Å². The molecule has 1 aromatic rings. The molecule has 1 fully saturated rings. The van der Waals surface area contributed by atoms with Crippen molar-refractivity contribution in [1.82, 2.24) is 0 Å². The zero-order valence-corrected chi connectivity index (χ0v) is 9.79. The number of nitrogens with zero attached hydrogens (tertiary/aromatic N) is 1. The average molecular weight is 234 g/mol. The van der Waals surface area contributed by atoms with Gasteiger partial charge in [0.25, 0.3) is 0 Å². The minimum Gasteiger partial charge on any atom is -0.381 e. The van der Waals surface area contributed by atoms with Gasteiger partial charge in [-0.15, -0.1) is 0 Å². The molecule has 0 aliphatic carbocycles. The fraction of sp³-hybridized carbons (Fsp3) is 0.462. The van der Waals surface area contributed by atoms with E-state index in [9.17, 15) is 4.39 Å². The largest absolute Gasteiger partial charge is 0.381 e. The second-order valence-corrected chi connectivity index (χ2v) is 4.60. The standard InChI is InChI=1S/C13H15FN2O/c1-13(4-6-17-7-5-13)16-12-3-2-10(9-15)8-11(12)14/h2-3,8,16H,4-7H2,1H3. The van der Waals surface area contributed by atoms with E-state index in [1.165, 1.54) is 6.07 Å². The Bertz CT molecular complexity index is 447. The molecule has 3 nitrogen and oxygen atoms in total. The summed E-state index contributed by atoms with van der Waals surface area (Å²) in [6.07, 6.45) is 1.71. The molecule has 1 aliphatic rings. The van der Waals surface area contributed by atoms with E-state index in [-0.39, 0.29) is 11.4 Å². The molecule has 0 bridgehead atoms. The summed E-state index contributed by atoms with van der Waals surface area (Å²) in [7, 11) is 0. The maximum absolute atomic E-state index is 13.7. The van der Waals surface area contributed by atoms with Crippen molar-refractivity contribution in [1.29, 1.82) is 5.26 Å². The summed E-state index contributed by atoms with van der Waals surface area (Å²) >= 11 is 0. The number of rotatable bonds is 2. The van der Waals surface area contributed by atoms with Gasteiger partial charge in [0.15, 0.2) is 0 Å². The lowest BCUT2D eigenvalue weighted by Crippen LogP contribution is -2.40. The number of benzene rings is 1. The van der Waals surface area contributed by atoms with Gasteiger partial charge < -0.3 is 10.1 Å². The number of nitriles is 1. The third-order valence-electron chi connectivity index (χ3n) is 3.13. The zero-order chi connectivity index (χ0) is 12.3. The molecule has 0 atom stereocenters. The van der Waals surface area contributed by atoms with E-state index in [2.05, 4.69) is 12.2 Å². The molecule has 1 N–H and O–H groups in total. The van der Waals surface area contributed by atoms with Crippen molar-refractivity contribution in [3.8, 4) is 6.07 Å². The minimum atomic E-state index is -0.378. The van der Waals surface area contributed by atoms with Crippen LogP contribution in [0.1, 0.15) is 25.3 Å². The lowest BCUT2D eigenvalue weighted by atomic mass is 9.92. The Hall–Kier alpha value is -1.60. The predicted molar refractivity (Wildman–Crippen MR) is 63.2 cm³/mol. The second kappa shape index (κ2) is 4.72. The van der Waals surface area contributed by atoms with Gasteiger partial charge in [-0.3, -0.25) is 0 Å². The SMILES string of the molecule is CC1(Nc2ccc(C#N)cc2F)CCOCC1. The van der Waals surface area contributed by atoms with Crippen molar-refractivity contribution in [3.05, 3.63) is 29.6 Å². The minimum absolute atomic E-state index is 0.132. The summed E-state index contributed by atoms with van der Waals surface area (Å²) in [5.74, 6) is -0.378. The maximum atomic E-state index is 13.7. The van der Waals surface area contributed by atoms with Gasteiger partial charge in [0, 0.05) is 18.8 Å². The Labute approximate surface area is 100 Å². The zero-order valence-electron chi connectivity index (χ0n) is 9.79. The first-order valence-corrected chi connectivity index (χ1v) is 5.69. The molecule has 2 rings (SSSR count). The smallest absolute Gasteiger partial charge is 0.147 e. The molecule has 0 saturated carbocycles. The van der Waals surface area contributed by atoms with Crippen LogP contribution in [0.15, 0.2) is 18.2 Å². The molecule has 0 aromatic heterocycles. The third-order valence-corrected chi connectivity index (χ3v) is 3.13. The van der Waals surface area contributed by atoms with E-state index in [0.717, 1.165) is 12.8 Å². The van der Waals surface area contributed by atoms with Crippen LogP contribution in [0.25, 0.3) is 0 Å². The first-order chi connectivity index (χ1) is 8.13. The molecule has 1 saturated heterocycles. The first kappa shape index (κ1) is 11.9. The monoisotopic (exact) mass is 234 g/mol. The summed E-state index contributed by atoms with van der Waals surface area (Å²) in [4.78, 5) is 0. The van der Waals surface area contributed by atoms with Crippen LogP contribution in [-0.2, 0) is 4.74 Å². The van der Waals surface area contributed by atoms with Crippen molar-refractivity contribution in [2.75, 3.05) is 18.5 Å². The van der Waals surface area contributed by atoms with Crippen LogP contribution in [0.2, 0.25) is 0 Å². The lowest BCUT2D eigenvalue weighted by molar-refractivity contribution is 0.0657. The fourth-order valence-electron chi connectivity index (χ4n) is 1.96. The van der Waals surface area contributed by atoms with Crippen molar-refractivity contribution < 1.29 is 9.13 Å². The number of nitrogens with one attached hydrogen (secondary N) is 1. The van der Waals surface area contributed by atoms with E-state index >= 15 is 0 Å². The molecule has 90 valence electrons. The summed E-state index contributed by atoms with van der Waals surface area (Å²) in [6, 6.07) is 6.41. The van der Waals surface area contributed by atoms with E-state index in [1.54, 1.807) is 12.1 Å². The molecular weight excluding hydrogens is 219 g/mol. The summed E-state index contributed by atoms with van der Waals surface area (Å²) in [5.41, 5.74) is 0.659. The molecule has 1 aromatic carbocycles. The Morgan fingerprint density at radius 3 is 2.71 bits per heavy atom. The highest BCUT2D eigenvalue weighted by molar-refractivity contribution is 5.50. The van der Waals surface area contributed by atoms with E-state index in [1.807, 2.05) is 6.07 Å². The van der Waals surface area contributed by atoms with Crippen LogP contribution < -0.4 is 5.32 Å². The average Bonchev–Trinajstić information content (AvgIpc) is 2.32. The van der Waals surface area contributed by atoms with Gasteiger partial charge in [-0.2, -0.15) is 5.26 Å². The van der Waals surface area contributed by atoms with Gasteiger partial charge in [-0.1, -0.05) is 0 Å². The molecular formula is C13H15FN2O. The van der Waals surface area contributed by atoms with Crippen molar-refractivity contribution in [3.63, 3.8) is 0 Å². The van der Waals surface area contributed by atoms with Crippen LogP contribution in [-0.4, -0.2) is 18.8 Å². The van der Waals surface area contributed by atoms with Gasteiger partial charge in [0.1, 0.15) is 5.82 Å². The van der Waals surface area contributed by atoms with Crippen LogP contribution in [0, 0.1) is 17.1 Å².